The van der Waals surface area contributed by atoms with Gasteiger partial charge >= 0.3 is 36.6 Å². The van der Waals surface area contributed by atoms with Crippen molar-refractivity contribution in [2.75, 3.05) is 0 Å². The van der Waals surface area contributed by atoms with E-state index in [0.717, 1.165) is 6.42 Å². The van der Waals surface area contributed by atoms with E-state index in [1.54, 1.807) is 6.92 Å². The SMILES string of the molecule is CCC(C)(C)C(=O)OC(C)(C)C(O)(C(F)(F)F)C(F)(F)F.CCC(C)(C)C(=O)OC(CC(O)(C(F)(F)F)C(F)(F)F)C1CCCC(C)C1. The van der Waals surface area contributed by atoms with Crippen LogP contribution in [0.3, 0.4) is 0 Å². The van der Waals surface area contributed by atoms with E-state index < -0.39 is 82.7 Å². The van der Waals surface area contributed by atoms with Gasteiger partial charge in [0, 0.05) is 6.42 Å². The summed E-state index contributed by atoms with van der Waals surface area (Å²) in [4.78, 5) is 24.1. The Hall–Kier alpha value is -1.98. The minimum Gasteiger partial charge on any atom is -0.462 e. The van der Waals surface area contributed by atoms with E-state index in [-0.39, 0.29) is 12.3 Å². The van der Waals surface area contributed by atoms with E-state index in [0.29, 0.717) is 39.5 Å². The summed E-state index contributed by atoms with van der Waals surface area (Å²) in [6.07, 6.45) is -24.8. The van der Waals surface area contributed by atoms with Crippen molar-refractivity contribution in [1.82, 2.24) is 0 Å². The first-order valence-electron chi connectivity index (χ1n) is 15.1. The predicted octanol–water partition coefficient (Wildman–Crippen LogP) is 9.01. The number of aliphatic hydroxyl groups is 2. The van der Waals surface area contributed by atoms with Gasteiger partial charge in [-0.2, -0.15) is 52.7 Å². The zero-order chi connectivity index (χ0) is 38.8. The molecule has 0 heterocycles. The lowest BCUT2D eigenvalue weighted by Gasteiger charge is -2.44. The van der Waals surface area contributed by atoms with Crippen molar-refractivity contribution < 1.29 is 82.0 Å². The van der Waals surface area contributed by atoms with Crippen LogP contribution in [0, 0.1) is 22.7 Å². The van der Waals surface area contributed by atoms with Crippen molar-refractivity contribution in [3.63, 3.8) is 0 Å². The lowest BCUT2D eigenvalue weighted by Crippen LogP contribution is -2.70. The number of rotatable bonds is 10. The Morgan fingerprint density at radius 3 is 1.42 bits per heavy atom. The fourth-order valence-electron chi connectivity index (χ4n) is 4.68. The second-order valence-electron chi connectivity index (χ2n) is 14.1. The number of halogens is 12. The Kier molecular flexibility index (Phi) is 14.5. The number of hydrogen-bond acceptors (Lipinski definition) is 6. The van der Waals surface area contributed by atoms with Crippen LogP contribution in [0.4, 0.5) is 52.7 Å². The Balaban J connectivity index is 0.000000952. The first-order valence-corrected chi connectivity index (χ1v) is 15.1. The van der Waals surface area contributed by atoms with E-state index in [1.165, 1.54) is 34.6 Å². The lowest BCUT2D eigenvalue weighted by atomic mass is 9.76. The molecule has 0 aromatic carbocycles. The number of esters is 2. The summed E-state index contributed by atoms with van der Waals surface area (Å²) < 4.78 is 165. The molecule has 286 valence electrons. The molecule has 0 saturated heterocycles. The maximum absolute atomic E-state index is 13.1. The normalized spacial score (nSPS) is 20.0. The van der Waals surface area contributed by atoms with E-state index in [9.17, 15) is 72.5 Å². The molecule has 0 bridgehead atoms. The summed E-state index contributed by atoms with van der Waals surface area (Å²) in [5.74, 6) is -2.70. The highest BCUT2D eigenvalue weighted by molar-refractivity contribution is 5.76. The number of carbonyl (C=O) groups excluding carboxylic acids is 2. The van der Waals surface area contributed by atoms with E-state index in [4.69, 9.17) is 4.74 Å². The summed E-state index contributed by atoms with van der Waals surface area (Å²) in [6, 6.07) is 0. The molecular formula is C30H46F12O6. The van der Waals surface area contributed by atoms with Crippen LogP contribution >= 0.6 is 0 Å². The minimum absolute atomic E-state index is 0.0917. The summed E-state index contributed by atoms with van der Waals surface area (Å²) in [7, 11) is 0. The van der Waals surface area contributed by atoms with E-state index in [1.807, 2.05) is 6.92 Å². The summed E-state index contributed by atoms with van der Waals surface area (Å²) in [5, 5.41) is 18.9. The van der Waals surface area contributed by atoms with Gasteiger partial charge in [0.15, 0.2) is 5.60 Å². The molecule has 0 aliphatic heterocycles. The standard InChI is InChI=1S/C18H28F6O3.C12H18F6O3/c1-5-15(3,4)14(25)27-13(12-8-6-7-11(2)9-12)10-16(26,17(19,20)21)18(22,23)24;1-6-8(2,3)7(19)21-9(4,5)10(20,11(13,14)15)12(16,17)18/h11-13,26H,5-10H2,1-4H3;20H,6H2,1-5H3. The third-order valence-electron chi connectivity index (χ3n) is 9.11. The quantitative estimate of drug-likeness (QED) is 0.172. The van der Waals surface area contributed by atoms with Crippen molar-refractivity contribution in [3.05, 3.63) is 0 Å². The minimum atomic E-state index is -6.06. The van der Waals surface area contributed by atoms with Crippen LogP contribution < -0.4 is 0 Å². The zero-order valence-electron chi connectivity index (χ0n) is 28.2. The average molecular weight is 731 g/mol. The van der Waals surface area contributed by atoms with Crippen LogP contribution in [0.1, 0.15) is 107 Å². The molecule has 6 nitrogen and oxygen atoms in total. The predicted molar refractivity (Wildman–Crippen MR) is 148 cm³/mol. The molecule has 1 aliphatic rings. The highest BCUT2D eigenvalue weighted by atomic mass is 19.4. The summed E-state index contributed by atoms with van der Waals surface area (Å²) in [5.41, 5.74) is -15.7. The van der Waals surface area contributed by atoms with Crippen LogP contribution in [-0.2, 0) is 19.1 Å². The summed E-state index contributed by atoms with van der Waals surface area (Å²) in [6.45, 7) is 11.4. The van der Waals surface area contributed by atoms with Gasteiger partial charge in [-0.3, -0.25) is 9.59 Å². The Morgan fingerprint density at radius 2 is 1.08 bits per heavy atom. The molecule has 2 N–H and O–H groups in total. The Morgan fingerprint density at radius 1 is 0.688 bits per heavy atom. The molecule has 1 fully saturated rings. The maximum Gasteiger partial charge on any atom is 0.430 e. The molecule has 48 heavy (non-hydrogen) atoms. The van der Waals surface area contributed by atoms with Gasteiger partial charge in [0.1, 0.15) is 6.10 Å². The van der Waals surface area contributed by atoms with Crippen LogP contribution in [0.2, 0.25) is 0 Å². The topological polar surface area (TPSA) is 93.1 Å². The average Bonchev–Trinajstić information content (AvgIpc) is 2.89. The van der Waals surface area contributed by atoms with E-state index >= 15 is 0 Å². The van der Waals surface area contributed by atoms with Gasteiger partial charge in [-0.05, 0) is 79.1 Å². The van der Waals surface area contributed by atoms with Crippen molar-refractivity contribution >= 4 is 11.9 Å². The van der Waals surface area contributed by atoms with Crippen molar-refractivity contribution in [2.45, 2.75) is 155 Å². The first kappa shape index (κ1) is 46.0. The largest absolute Gasteiger partial charge is 0.462 e. The first-order chi connectivity index (χ1) is 21.0. The molecule has 0 spiro atoms. The van der Waals surface area contributed by atoms with Gasteiger partial charge in [0.2, 0.25) is 0 Å². The molecule has 1 aliphatic carbocycles. The van der Waals surface area contributed by atoms with Gasteiger partial charge < -0.3 is 19.7 Å². The Labute approximate surface area is 271 Å². The molecule has 1 rings (SSSR count). The number of hydrogen-bond donors (Lipinski definition) is 2. The van der Waals surface area contributed by atoms with Crippen LogP contribution in [0.15, 0.2) is 0 Å². The van der Waals surface area contributed by atoms with Gasteiger partial charge in [0.05, 0.1) is 10.8 Å². The maximum atomic E-state index is 13.1. The number of alkyl halides is 12. The van der Waals surface area contributed by atoms with E-state index in [2.05, 4.69) is 4.74 Å². The zero-order valence-corrected chi connectivity index (χ0v) is 28.2. The highest BCUT2D eigenvalue weighted by Crippen LogP contribution is 2.51. The van der Waals surface area contributed by atoms with Gasteiger partial charge in [0.25, 0.3) is 11.2 Å². The lowest BCUT2D eigenvalue weighted by molar-refractivity contribution is -0.408. The van der Waals surface area contributed by atoms with Crippen LogP contribution in [0.5, 0.6) is 0 Å². The molecule has 0 aromatic rings. The summed E-state index contributed by atoms with van der Waals surface area (Å²) >= 11 is 0. The molecule has 18 heteroatoms. The number of ether oxygens (including phenoxy) is 2. The van der Waals surface area contributed by atoms with Gasteiger partial charge in [-0.15, -0.1) is 0 Å². The third kappa shape index (κ3) is 10.3. The number of carbonyl (C=O) groups is 2. The molecular weight excluding hydrogens is 684 g/mol. The van der Waals surface area contributed by atoms with Crippen LogP contribution in [-0.4, -0.2) is 69.8 Å². The van der Waals surface area contributed by atoms with Gasteiger partial charge in [-0.1, -0.05) is 33.6 Å². The molecule has 0 radical (unpaired) electrons. The molecule has 3 unspecified atom stereocenters. The molecule has 1 saturated carbocycles. The molecule has 3 atom stereocenters. The van der Waals surface area contributed by atoms with Crippen molar-refractivity contribution in [1.29, 1.82) is 0 Å². The molecule has 0 amide bonds. The second kappa shape index (κ2) is 15.1. The van der Waals surface area contributed by atoms with Gasteiger partial charge in [-0.25, -0.2) is 0 Å². The third-order valence-corrected chi connectivity index (χ3v) is 9.11. The highest BCUT2D eigenvalue weighted by Gasteiger charge is 2.79. The molecule has 0 aromatic heterocycles. The Bertz CT molecular complexity index is 1050. The van der Waals surface area contributed by atoms with Crippen LogP contribution in [0.25, 0.3) is 0 Å². The van der Waals surface area contributed by atoms with Crippen molar-refractivity contribution in [2.24, 2.45) is 22.7 Å². The smallest absolute Gasteiger partial charge is 0.430 e. The fraction of sp³-hybridized carbons (Fsp3) is 0.933. The monoisotopic (exact) mass is 730 g/mol. The second-order valence-corrected chi connectivity index (χ2v) is 14.1. The van der Waals surface area contributed by atoms with Crippen molar-refractivity contribution in [3.8, 4) is 0 Å². The fourth-order valence-corrected chi connectivity index (χ4v) is 4.68.